The Bertz CT molecular complexity index is 504. The number of hydrogen-bond acceptors (Lipinski definition) is 5. The lowest BCUT2D eigenvalue weighted by atomic mass is 10.2. The average Bonchev–Trinajstić information content (AvgIpc) is 2.76. The number of methoxy groups -OCH3 is 2. The fourth-order valence-electron chi connectivity index (χ4n) is 2.08. The molecule has 116 valence electrons. The van der Waals surface area contributed by atoms with Crippen molar-refractivity contribution >= 4 is 24.5 Å². The van der Waals surface area contributed by atoms with Crippen LogP contribution in [0.1, 0.15) is 31.2 Å². The lowest BCUT2D eigenvalue weighted by Gasteiger charge is -2.07. The minimum atomic E-state index is 0. The number of halogens is 1. The van der Waals surface area contributed by atoms with E-state index in [2.05, 4.69) is 15.5 Å². The Morgan fingerprint density at radius 1 is 1.14 bits per heavy atom. The highest BCUT2D eigenvalue weighted by molar-refractivity contribution is 5.86. The second-order valence-corrected chi connectivity index (χ2v) is 4.62. The lowest BCUT2D eigenvalue weighted by molar-refractivity contribution is 0.355. The maximum atomic E-state index is 5.26. The monoisotopic (exact) mass is 311 g/mol. The molecule has 1 aromatic rings. The largest absolute Gasteiger partial charge is 0.493 e. The quantitative estimate of drug-likeness (QED) is 0.687. The number of amidine groups is 1. The van der Waals surface area contributed by atoms with Crippen molar-refractivity contribution < 1.29 is 9.47 Å². The number of hydrazone groups is 1. The summed E-state index contributed by atoms with van der Waals surface area (Å²) in [5.41, 5.74) is 3.97. The zero-order valence-corrected chi connectivity index (χ0v) is 13.3. The van der Waals surface area contributed by atoms with Crippen LogP contribution in [0, 0.1) is 0 Å². The van der Waals surface area contributed by atoms with Crippen molar-refractivity contribution in [1.82, 2.24) is 5.43 Å². The third-order valence-electron chi connectivity index (χ3n) is 3.19. The summed E-state index contributed by atoms with van der Waals surface area (Å²) in [6, 6.07) is 5.68. The summed E-state index contributed by atoms with van der Waals surface area (Å²) >= 11 is 0. The Kier molecular flexibility index (Phi) is 7.61. The Labute approximate surface area is 131 Å². The molecule has 0 spiro atoms. The van der Waals surface area contributed by atoms with Crippen molar-refractivity contribution in [3.63, 3.8) is 0 Å². The highest BCUT2D eigenvalue weighted by atomic mass is 35.5. The molecule has 0 aromatic heterocycles. The number of hydrogen-bond donors (Lipinski definition) is 1. The van der Waals surface area contributed by atoms with Gasteiger partial charge in [0.25, 0.3) is 0 Å². The third-order valence-corrected chi connectivity index (χ3v) is 3.19. The van der Waals surface area contributed by atoms with E-state index in [0.717, 1.165) is 24.4 Å². The van der Waals surface area contributed by atoms with Crippen molar-refractivity contribution in [2.45, 2.75) is 25.7 Å². The topological polar surface area (TPSA) is 55.2 Å². The van der Waals surface area contributed by atoms with E-state index in [-0.39, 0.29) is 12.4 Å². The third kappa shape index (κ3) is 5.27. The van der Waals surface area contributed by atoms with Gasteiger partial charge in [-0.3, -0.25) is 10.4 Å². The van der Waals surface area contributed by atoms with Crippen LogP contribution in [0.25, 0.3) is 0 Å². The Morgan fingerprint density at radius 2 is 1.95 bits per heavy atom. The van der Waals surface area contributed by atoms with Gasteiger partial charge in [-0.05, 0) is 36.6 Å². The van der Waals surface area contributed by atoms with Crippen molar-refractivity contribution in [2.24, 2.45) is 10.1 Å². The molecular weight excluding hydrogens is 290 g/mol. The first-order valence-electron chi connectivity index (χ1n) is 6.88. The molecule has 0 fully saturated rings. The zero-order valence-electron chi connectivity index (χ0n) is 12.5. The number of rotatable bonds is 4. The van der Waals surface area contributed by atoms with Crippen LogP contribution in [-0.4, -0.2) is 32.8 Å². The summed E-state index contributed by atoms with van der Waals surface area (Å²) in [6.07, 6.45) is 6.33. The normalized spacial score (nSPS) is 14.9. The van der Waals surface area contributed by atoms with Gasteiger partial charge in [0.05, 0.1) is 20.4 Å². The fraction of sp³-hybridized carbons (Fsp3) is 0.467. The zero-order chi connectivity index (χ0) is 14.2. The van der Waals surface area contributed by atoms with E-state index in [4.69, 9.17) is 9.47 Å². The van der Waals surface area contributed by atoms with E-state index in [0.29, 0.717) is 11.5 Å². The molecule has 1 aliphatic rings. The van der Waals surface area contributed by atoms with E-state index in [1.54, 1.807) is 20.4 Å². The highest BCUT2D eigenvalue weighted by Gasteiger charge is 2.04. The molecule has 0 aliphatic carbocycles. The average molecular weight is 312 g/mol. The Balaban J connectivity index is 0.00000220. The predicted octanol–water partition coefficient (Wildman–Crippen LogP) is 3.02. The molecule has 6 heteroatoms. The first-order valence-corrected chi connectivity index (χ1v) is 6.88. The van der Waals surface area contributed by atoms with Gasteiger partial charge in [-0.25, -0.2) is 0 Å². The fourth-order valence-corrected chi connectivity index (χ4v) is 2.08. The van der Waals surface area contributed by atoms with Gasteiger partial charge in [0.1, 0.15) is 5.84 Å². The van der Waals surface area contributed by atoms with Gasteiger partial charge in [0.2, 0.25) is 0 Å². The summed E-state index contributed by atoms with van der Waals surface area (Å²) < 4.78 is 10.5. The molecule has 1 heterocycles. The first kappa shape index (κ1) is 17.3. The summed E-state index contributed by atoms with van der Waals surface area (Å²) in [5, 5.41) is 4.24. The molecule has 0 saturated carbocycles. The molecule has 2 rings (SSSR count). The van der Waals surface area contributed by atoms with Crippen LogP contribution in [0.4, 0.5) is 0 Å². The van der Waals surface area contributed by atoms with Crippen LogP contribution < -0.4 is 14.9 Å². The minimum Gasteiger partial charge on any atom is -0.493 e. The van der Waals surface area contributed by atoms with Crippen LogP contribution in [0.5, 0.6) is 11.5 Å². The maximum Gasteiger partial charge on any atom is 0.161 e. The number of ether oxygens (including phenoxy) is 2. The molecule has 0 unspecified atom stereocenters. The predicted molar refractivity (Wildman–Crippen MR) is 88.3 cm³/mol. The summed E-state index contributed by atoms with van der Waals surface area (Å²) in [4.78, 5) is 4.46. The van der Waals surface area contributed by atoms with Gasteiger partial charge >= 0.3 is 0 Å². The lowest BCUT2D eigenvalue weighted by Crippen LogP contribution is -2.17. The summed E-state index contributed by atoms with van der Waals surface area (Å²) in [5.74, 6) is 2.38. The smallest absolute Gasteiger partial charge is 0.161 e. The number of aliphatic imine (C=N–C) groups is 1. The van der Waals surface area contributed by atoms with Crippen LogP contribution in [0.2, 0.25) is 0 Å². The van der Waals surface area contributed by atoms with Gasteiger partial charge in [-0.15, -0.1) is 12.4 Å². The molecule has 0 atom stereocenters. The maximum absolute atomic E-state index is 5.26. The highest BCUT2D eigenvalue weighted by Crippen LogP contribution is 2.26. The van der Waals surface area contributed by atoms with Crippen molar-refractivity contribution in [2.75, 3.05) is 20.8 Å². The minimum absolute atomic E-state index is 0. The van der Waals surface area contributed by atoms with Gasteiger partial charge in [0, 0.05) is 13.0 Å². The van der Waals surface area contributed by atoms with Gasteiger partial charge < -0.3 is 9.47 Å². The number of nitrogens with zero attached hydrogens (tertiary/aromatic N) is 2. The van der Waals surface area contributed by atoms with E-state index in [9.17, 15) is 0 Å². The van der Waals surface area contributed by atoms with Crippen LogP contribution >= 0.6 is 12.4 Å². The van der Waals surface area contributed by atoms with E-state index in [1.165, 1.54) is 19.3 Å². The Morgan fingerprint density at radius 3 is 2.71 bits per heavy atom. The molecule has 0 amide bonds. The van der Waals surface area contributed by atoms with E-state index >= 15 is 0 Å². The van der Waals surface area contributed by atoms with Crippen LogP contribution in [0.15, 0.2) is 28.3 Å². The second kappa shape index (κ2) is 9.23. The Hall–Kier alpha value is -1.75. The van der Waals surface area contributed by atoms with Crippen LogP contribution in [-0.2, 0) is 0 Å². The molecule has 0 saturated heterocycles. The molecule has 0 bridgehead atoms. The van der Waals surface area contributed by atoms with Crippen molar-refractivity contribution in [1.29, 1.82) is 0 Å². The number of nitrogens with one attached hydrogen (secondary N) is 1. The standard InChI is InChI=1S/C15H21N3O2.ClH/c1-19-13-8-7-12(10-14(13)20-2)11-17-18-15-6-4-3-5-9-16-15;/h7-8,10-11H,3-6,9H2,1-2H3,(H,16,18);1H/b17-11+;. The van der Waals surface area contributed by atoms with Crippen LogP contribution in [0.3, 0.4) is 0 Å². The molecule has 1 aromatic carbocycles. The van der Waals surface area contributed by atoms with E-state index in [1.807, 2.05) is 18.2 Å². The number of benzene rings is 1. The first-order chi connectivity index (χ1) is 9.83. The molecule has 0 radical (unpaired) electrons. The van der Waals surface area contributed by atoms with Gasteiger partial charge in [0.15, 0.2) is 11.5 Å². The summed E-state index contributed by atoms with van der Waals surface area (Å²) in [6.45, 7) is 0.897. The SMILES string of the molecule is COc1ccc(/C=N/NC2=NCCCCC2)cc1OC.Cl. The summed E-state index contributed by atoms with van der Waals surface area (Å²) in [7, 11) is 3.24. The second-order valence-electron chi connectivity index (χ2n) is 4.62. The van der Waals surface area contributed by atoms with E-state index < -0.39 is 0 Å². The molecule has 1 N–H and O–H groups in total. The van der Waals surface area contributed by atoms with Gasteiger partial charge in [-0.2, -0.15) is 5.10 Å². The molecule has 1 aliphatic heterocycles. The molecular formula is C15H22ClN3O2. The van der Waals surface area contributed by atoms with Gasteiger partial charge in [-0.1, -0.05) is 6.42 Å². The molecule has 5 nitrogen and oxygen atoms in total. The van der Waals surface area contributed by atoms with Crippen molar-refractivity contribution in [3.8, 4) is 11.5 Å². The molecule has 21 heavy (non-hydrogen) atoms. The van der Waals surface area contributed by atoms with Crippen molar-refractivity contribution in [3.05, 3.63) is 23.8 Å².